The number of nitrogens with one attached hydrogen (secondary N) is 1. The number of thioether (sulfide) groups is 1. The molecule has 6 heteroatoms. The van der Waals surface area contributed by atoms with E-state index >= 15 is 0 Å². The molecule has 1 saturated heterocycles. The van der Waals surface area contributed by atoms with Gasteiger partial charge < -0.3 is 15.8 Å². The third-order valence-corrected chi connectivity index (χ3v) is 4.36. The van der Waals surface area contributed by atoms with Crippen molar-refractivity contribution < 1.29 is 9.53 Å². The van der Waals surface area contributed by atoms with E-state index in [0.29, 0.717) is 12.6 Å². The first-order chi connectivity index (χ1) is 8.25. The van der Waals surface area contributed by atoms with Gasteiger partial charge in [-0.3, -0.25) is 4.99 Å². The summed E-state index contributed by atoms with van der Waals surface area (Å²) in [7, 11) is 0. The lowest BCUT2D eigenvalue weighted by molar-refractivity contribution is 0.160. The van der Waals surface area contributed by atoms with Crippen LogP contribution in [0.2, 0.25) is 0 Å². The third-order valence-electron chi connectivity index (χ3n) is 3.24. The van der Waals surface area contributed by atoms with E-state index in [0.717, 1.165) is 16.8 Å². The summed E-state index contributed by atoms with van der Waals surface area (Å²) in [6, 6.07) is 0.598. The minimum Gasteiger partial charge on any atom is -0.448 e. The molecule has 2 atom stereocenters. The first-order valence-corrected chi connectivity index (χ1v) is 7.10. The molecule has 1 amide bonds. The molecule has 1 aliphatic carbocycles. The first kappa shape index (κ1) is 12.5. The summed E-state index contributed by atoms with van der Waals surface area (Å²) in [5, 5.41) is 4.47. The van der Waals surface area contributed by atoms with Crippen LogP contribution >= 0.6 is 11.8 Å². The predicted octanol–water partition coefficient (Wildman–Crippen LogP) is 1.33. The van der Waals surface area contributed by atoms with Crippen LogP contribution in [0.3, 0.4) is 0 Å². The molecule has 96 valence electrons. The fourth-order valence-electron chi connectivity index (χ4n) is 2.37. The molecule has 2 aliphatic rings. The van der Waals surface area contributed by atoms with Gasteiger partial charge in [0.15, 0.2) is 5.17 Å². The second-order valence-corrected chi connectivity index (χ2v) is 5.47. The van der Waals surface area contributed by atoms with Crippen molar-refractivity contribution in [1.82, 2.24) is 5.32 Å². The summed E-state index contributed by atoms with van der Waals surface area (Å²) in [6.45, 7) is 0.741. The summed E-state index contributed by atoms with van der Waals surface area (Å²) in [5.74, 6) is 1.96. The van der Waals surface area contributed by atoms with E-state index in [9.17, 15) is 4.79 Å². The van der Waals surface area contributed by atoms with E-state index < -0.39 is 6.09 Å². The number of primary amides is 1. The number of amidine groups is 1. The minimum atomic E-state index is -0.734. The van der Waals surface area contributed by atoms with Crippen LogP contribution in [-0.2, 0) is 4.74 Å². The van der Waals surface area contributed by atoms with Crippen molar-refractivity contribution >= 4 is 23.0 Å². The lowest BCUT2D eigenvalue weighted by Crippen LogP contribution is -2.46. The number of hydrogen-bond donors (Lipinski definition) is 2. The smallest absolute Gasteiger partial charge is 0.404 e. The standard InChI is InChI=1S/C11H19N3O2S/c12-10(15)16-6-5-13-11-14-9-4-2-1-3-8(9)7-17-11/h8-9H,1-7H2,(H2,12,15)(H,13,14). The van der Waals surface area contributed by atoms with Gasteiger partial charge in [-0.1, -0.05) is 24.6 Å². The van der Waals surface area contributed by atoms with Gasteiger partial charge in [-0.05, 0) is 18.8 Å². The van der Waals surface area contributed by atoms with Crippen LogP contribution in [-0.4, -0.2) is 36.2 Å². The van der Waals surface area contributed by atoms with Gasteiger partial charge in [0.25, 0.3) is 0 Å². The maximum Gasteiger partial charge on any atom is 0.404 e. The molecule has 1 aliphatic heterocycles. The van der Waals surface area contributed by atoms with Gasteiger partial charge in [-0.25, -0.2) is 4.79 Å². The van der Waals surface area contributed by atoms with Crippen molar-refractivity contribution in [2.75, 3.05) is 18.9 Å². The van der Waals surface area contributed by atoms with Crippen LogP contribution in [0.1, 0.15) is 25.7 Å². The molecule has 2 unspecified atom stereocenters. The van der Waals surface area contributed by atoms with Gasteiger partial charge in [0.05, 0.1) is 6.54 Å². The van der Waals surface area contributed by atoms with Gasteiger partial charge in [0.2, 0.25) is 0 Å². The number of amides is 1. The number of ether oxygens (including phenoxy) is 1. The van der Waals surface area contributed by atoms with Crippen molar-refractivity contribution in [3.8, 4) is 0 Å². The largest absolute Gasteiger partial charge is 0.448 e. The molecule has 2 rings (SSSR count). The van der Waals surface area contributed by atoms with Crippen LogP contribution < -0.4 is 11.1 Å². The van der Waals surface area contributed by atoms with E-state index in [2.05, 4.69) is 15.0 Å². The van der Waals surface area contributed by atoms with E-state index in [-0.39, 0.29) is 6.61 Å². The predicted molar refractivity (Wildman–Crippen MR) is 69.2 cm³/mol. The zero-order valence-electron chi connectivity index (χ0n) is 9.85. The number of rotatable bonds is 3. The molecule has 0 spiro atoms. The lowest BCUT2D eigenvalue weighted by Gasteiger charge is -2.36. The highest BCUT2D eigenvalue weighted by atomic mass is 32.2. The van der Waals surface area contributed by atoms with Crippen LogP contribution in [0.4, 0.5) is 4.79 Å². The maximum atomic E-state index is 10.4. The van der Waals surface area contributed by atoms with E-state index in [1.165, 1.54) is 25.7 Å². The van der Waals surface area contributed by atoms with Gasteiger partial charge in [0, 0.05) is 11.8 Å². The molecule has 1 saturated carbocycles. The molecule has 0 aromatic rings. The number of nitrogens with two attached hydrogens (primary N) is 1. The molecule has 17 heavy (non-hydrogen) atoms. The number of hydrogen-bond acceptors (Lipinski definition) is 4. The average molecular weight is 257 g/mol. The fraction of sp³-hybridized carbons (Fsp3) is 0.818. The van der Waals surface area contributed by atoms with E-state index in [1.807, 2.05) is 0 Å². The first-order valence-electron chi connectivity index (χ1n) is 6.11. The highest BCUT2D eigenvalue weighted by molar-refractivity contribution is 8.13. The summed E-state index contributed by atoms with van der Waals surface area (Å²) >= 11 is 1.77. The molecule has 1 heterocycles. The Morgan fingerprint density at radius 2 is 2.35 bits per heavy atom. The molecule has 0 aromatic heterocycles. The van der Waals surface area contributed by atoms with Crippen LogP contribution in [0.15, 0.2) is 4.99 Å². The van der Waals surface area contributed by atoms with Crippen molar-refractivity contribution in [2.24, 2.45) is 16.6 Å². The number of fused-ring (bicyclic) bond motifs is 1. The summed E-state index contributed by atoms with van der Waals surface area (Å²) in [6.07, 6.45) is 4.53. The molecular weight excluding hydrogens is 238 g/mol. The van der Waals surface area contributed by atoms with Crippen LogP contribution in [0.5, 0.6) is 0 Å². The Morgan fingerprint density at radius 1 is 1.53 bits per heavy atom. The monoisotopic (exact) mass is 257 g/mol. The molecule has 0 radical (unpaired) electrons. The van der Waals surface area contributed by atoms with E-state index in [4.69, 9.17) is 5.73 Å². The van der Waals surface area contributed by atoms with Crippen molar-refractivity contribution in [1.29, 1.82) is 0 Å². The average Bonchev–Trinajstić information content (AvgIpc) is 2.34. The van der Waals surface area contributed by atoms with Crippen molar-refractivity contribution in [3.63, 3.8) is 0 Å². The maximum absolute atomic E-state index is 10.4. The van der Waals surface area contributed by atoms with E-state index in [1.54, 1.807) is 11.8 Å². The Bertz CT molecular complexity index is 309. The van der Waals surface area contributed by atoms with Gasteiger partial charge >= 0.3 is 6.09 Å². The topological polar surface area (TPSA) is 76.7 Å². The van der Waals surface area contributed by atoms with Crippen molar-refractivity contribution in [2.45, 2.75) is 31.7 Å². The van der Waals surface area contributed by atoms with Crippen LogP contribution in [0.25, 0.3) is 0 Å². The Morgan fingerprint density at radius 3 is 3.18 bits per heavy atom. The molecule has 0 bridgehead atoms. The Labute approximate surface area is 106 Å². The van der Waals surface area contributed by atoms with Gasteiger partial charge in [-0.2, -0.15) is 0 Å². The Hall–Kier alpha value is -0.910. The third kappa shape index (κ3) is 3.80. The zero-order valence-corrected chi connectivity index (χ0v) is 10.7. The number of aliphatic imine (C=N–C) groups is 1. The van der Waals surface area contributed by atoms with Crippen molar-refractivity contribution in [3.05, 3.63) is 0 Å². The normalized spacial score (nSPS) is 30.5. The fourth-order valence-corrected chi connectivity index (χ4v) is 3.56. The zero-order chi connectivity index (χ0) is 12.1. The summed E-state index contributed by atoms with van der Waals surface area (Å²) < 4.78 is 4.63. The molecule has 3 N–H and O–H groups in total. The number of carbonyl (C=O) groups is 1. The molecule has 0 aromatic carbocycles. The second kappa shape index (κ2) is 6.14. The lowest BCUT2D eigenvalue weighted by atomic mass is 9.86. The number of carbonyl (C=O) groups excluding carboxylic acids is 1. The summed E-state index contributed by atoms with van der Waals surface area (Å²) in [5.41, 5.74) is 4.87. The molecular formula is C11H19N3O2S. The SMILES string of the molecule is NC(=O)OCCN=C1NC2CCCCC2CS1. The Kier molecular flexibility index (Phi) is 4.53. The van der Waals surface area contributed by atoms with Gasteiger partial charge in [-0.15, -0.1) is 0 Å². The van der Waals surface area contributed by atoms with Crippen LogP contribution in [0, 0.1) is 5.92 Å². The van der Waals surface area contributed by atoms with Gasteiger partial charge in [0.1, 0.15) is 6.61 Å². The summed E-state index contributed by atoms with van der Waals surface area (Å²) in [4.78, 5) is 14.8. The minimum absolute atomic E-state index is 0.259. The second-order valence-electron chi connectivity index (χ2n) is 4.46. The highest BCUT2D eigenvalue weighted by Gasteiger charge is 2.29. The number of nitrogens with zero attached hydrogens (tertiary/aromatic N) is 1. The molecule has 5 nitrogen and oxygen atoms in total. The quantitative estimate of drug-likeness (QED) is 0.748. The Balaban J connectivity index is 1.74. The molecule has 2 fully saturated rings. The highest BCUT2D eigenvalue weighted by Crippen LogP contribution is 2.31.